The molecular weight excluding hydrogens is 433 g/mol. The second kappa shape index (κ2) is 6.99. The Balaban J connectivity index is 1.98. The summed E-state index contributed by atoms with van der Waals surface area (Å²) in [5, 5.41) is 24.1. The van der Waals surface area contributed by atoms with Gasteiger partial charge >= 0.3 is 6.18 Å². The third kappa shape index (κ3) is 3.33. The minimum atomic E-state index is -5.10. The van der Waals surface area contributed by atoms with Gasteiger partial charge in [0.2, 0.25) is 0 Å². The minimum Gasteiger partial charge on any atom is -0.505 e. The van der Waals surface area contributed by atoms with Crippen LogP contribution in [-0.4, -0.2) is 32.0 Å². The fraction of sp³-hybridized carbons (Fsp3) is 0.364. The number of anilines is 1. The maximum absolute atomic E-state index is 14.3. The summed E-state index contributed by atoms with van der Waals surface area (Å²) in [6, 6.07) is 2.13. The van der Waals surface area contributed by atoms with Gasteiger partial charge < -0.3 is 15.5 Å². The van der Waals surface area contributed by atoms with Crippen LogP contribution in [0.4, 0.5) is 27.6 Å². The van der Waals surface area contributed by atoms with Crippen molar-refractivity contribution in [1.82, 2.24) is 9.97 Å². The van der Waals surface area contributed by atoms with E-state index >= 15 is 0 Å². The van der Waals surface area contributed by atoms with Crippen LogP contribution >= 0.6 is 0 Å². The summed E-state index contributed by atoms with van der Waals surface area (Å²) < 4.78 is 71.0. The van der Waals surface area contributed by atoms with Crippen LogP contribution in [0.3, 0.4) is 0 Å². The zero-order chi connectivity index (χ0) is 23.6. The number of hydrogen-bond acceptors (Lipinski definition) is 5. The highest BCUT2D eigenvalue weighted by Crippen LogP contribution is 2.56. The van der Waals surface area contributed by atoms with E-state index in [9.17, 15) is 32.2 Å². The van der Waals surface area contributed by atoms with E-state index in [0.717, 1.165) is 24.3 Å². The average molecular weight is 453 g/mol. The summed E-state index contributed by atoms with van der Waals surface area (Å²) in [5.41, 5.74) is -4.86. The van der Waals surface area contributed by atoms with Crippen LogP contribution in [-0.2, 0) is 5.41 Å². The molecule has 0 aliphatic heterocycles. The first-order valence-corrected chi connectivity index (χ1v) is 9.75. The highest BCUT2D eigenvalue weighted by atomic mass is 19.4. The molecule has 3 N–H and O–H groups in total. The first-order valence-electron chi connectivity index (χ1n) is 9.75. The molecule has 2 atom stereocenters. The summed E-state index contributed by atoms with van der Waals surface area (Å²) in [6.07, 6.45) is -4.63. The van der Waals surface area contributed by atoms with E-state index in [4.69, 9.17) is 0 Å². The number of nitrogens with one attached hydrogen (secondary N) is 1. The molecular formula is C22H20F5N3O2. The molecule has 0 spiro atoms. The molecule has 0 bridgehead atoms. The highest BCUT2D eigenvalue weighted by Gasteiger charge is 2.64. The van der Waals surface area contributed by atoms with Crippen molar-refractivity contribution >= 4 is 16.6 Å². The van der Waals surface area contributed by atoms with E-state index in [1.165, 1.54) is 20.0 Å². The van der Waals surface area contributed by atoms with Gasteiger partial charge in [0.1, 0.15) is 11.6 Å². The lowest BCUT2D eigenvalue weighted by Gasteiger charge is -2.49. The average Bonchev–Trinajstić information content (AvgIpc) is 2.65. The van der Waals surface area contributed by atoms with Crippen molar-refractivity contribution in [2.75, 3.05) is 5.32 Å². The van der Waals surface area contributed by atoms with Gasteiger partial charge in [0.25, 0.3) is 0 Å². The van der Waals surface area contributed by atoms with Gasteiger partial charge in [0.15, 0.2) is 17.2 Å². The van der Waals surface area contributed by atoms with Gasteiger partial charge in [0.05, 0.1) is 11.6 Å². The predicted octanol–water partition coefficient (Wildman–Crippen LogP) is 5.05. The van der Waals surface area contributed by atoms with E-state index in [1.54, 1.807) is 6.92 Å². The molecule has 5 nitrogen and oxygen atoms in total. The number of alkyl halides is 3. The van der Waals surface area contributed by atoms with Crippen LogP contribution in [0.2, 0.25) is 0 Å². The van der Waals surface area contributed by atoms with Crippen molar-refractivity contribution in [3.63, 3.8) is 0 Å². The Morgan fingerprint density at radius 2 is 1.84 bits per heavy atom. The number of aromatic hydroxyl groups is 1. The summed E-state index contributed by atoms with van der Waals surface area (Å²) in [6.45, 7) is 4.34. The monoisotopic (exact) mass is 453 g/mol. The van der Waals surface area contributed by atoms with Crippen molar-refractivity contribution in [2.24, 2.45) is 0 Å². The molecule has 0 saturated heterocycles. The standard InChI is InChI=1S/C22H20F5N3O2/c1-10-28-8-13-15(29-10)6-11(23)7-16(13)30-19-12-4-5-14(24)18(31)17(12)20(2,3)9-21(19,32)22(25,26)27/h4-8,19,30-32H,9H2,1-3H3. The number of benzene rings is 2. The highest BCUT2D eigenvalue weighted by molar-refractivity contribution is 5.91. The third-order valence-electron chi connectivity index (χ3n) is 5.91. The van der Waals surface area contributed by atoms with Gasteiger partial charge in [0, 0.05) is 28.9 Å². The van der Waals surface area contributed by atoms with Gasteiger partial charge in [-0.05, 0) is 36.5 Å². The summed E-state index contributed by atoms with van der Waals surface area (Å²) in [4.78, 5) is 8.12. The SMILES string of the molecule is Cc1ncc2c(NC3c4ccc(F)c(O)c4C(C)(C)CC3(O)C(F)(F)F)cc(F)cc2n1. The number of aryl methyl sites for hydroxylation is 1. The van der Waals surface area contributed by atoms with Gasteiger partial charge in [-0.1, -0.05) is 19.9 Å². The second-order valence-electron chi connectivity index (χ2n) is 8.72. The molecule has 1 aliphatic rings. The fourth-order valence-electron chi connectivity index (χ4n) is 4.58. The Morgan fingerprint density at radius 1 is 1.16 bits per heavy atom. The van der Waals surface area contributed by atoms with E-state index < -0.39 is 47.0 Å². The maximum Gasteiger partial charge on any atom is 0.419 e. The zero-order valence-corrected chi connectivity index (χ0v) is 17.3. The zero-order valence-electron chi connectivity index (χ0n) is 17.3. The van der Waals surface area contributed by atoms with Gasteiger partial charge in [-0.15, -0.1) is 0 Å². The Bertz CT molecular complexity index is 1220. The molecule has 3 aromatic rings. The van der Waals surface area contributed by atoms with E-state index in [0.29, 0.717) is 5.82 Å². The first-order chi connectivity index (χ1) is 14.7. The number of phenols is 1. The van der Waals surface area contributed by atoms with Crippen LogP contribution < -0.4 is 5.32 Å². The summed E-state index contributed by atoms with van der Waals surface area (Å²) in [7, 11) is 0. The Morgan fingerprint density at radius 3 is 2.50 bits per heavy atom. The smallest absolute Gasteiger partial charge is 0.419 e. The van der Waals surface area contributed by atoms with Gasteiger partial charge in [-0.25, -0.2) is 18.7 Å². The number of nitrogens with zero attached hydrogens (tertiary/aromatic N) is 2. The largest absolute Gasteiger partial charge is 0.505 e. The Kier molecular flexibility index (Phi) is 4.85. The predicted molar refractivity (Wildman–Crippen MR) is 107 cm³/mol. The summed E-state index contributed by atoms with van der Waals surface area (Å²) >= 11 is 0. The molecule has 0 saturated carbocycles. The van der Waals surface area contributed by atoms with Gasteiger partial charge in [-0.3, -0.25) is 0 Å². The van der Waals surface area contributed by atoms with E-state index in [-0.39, 0.29) is 27.7 Å². The number of phenolic OH excluding ortho intramolecular Hbond substituents is 1. The van der Waals surface area contributed by atoms with Crippen LogP contribution in [0.5, 0.6) is 5.75 Å². The normalized spacial score (nSPS) is 22.6. The fourth-order valence-corrected chi connectivity index (χ4v) is 4.58. The number of halogens is 5. The first kappa shape index (κ1) is 22.2. The minimum absolute atomic E-state index is 0.0586. The number of fused-ring (bicyclic) bond motifs is 2. The molecule has 32 heavy (non-hydrogen) atoms. The van der Waals surface area contributed by atoms with Crippen LogP contribution in [0.25, 0.3) is 10.9 Å². The van der Waals surface area contributed by atoms with Crippen molar-refractivity contribution in [3.05, 3.63) is 59.0 Å². The lowest BCUT2D eigenvalue weighted by atomic mass is 9.63. The molecule has 2 aromatic carbocycles. The quantitative estimate of drug-likeness (QED) is 0.474. The number of hydrogen-bond donors (Lipinski definition) is 3. The lowest BCUT2D eigenvalue weighted by molar-refractivity contribution is -0.276. The molecule has 0 radical (unpaired) electrons. The molecule has 1 heterocycles. The molecule has 0 fully saturated rings. The third-order valence-corrected chi connectivity index (χ3v) is 5.91. The maximum atomic E-state index is 14.3. The molecule has 10 heteroatoms. The molecule has 4 rings (SSSR count). The number of aliphatic hydroxyl groups is 1. The van der Waals surface area contributed by atoms with Crippen molar-refractivity contribution in [2.45, 2.75) is 50.4 Å². The van der Waals surface area contributed by atoms with Crippen molar-refractivity contribution < 1.29 is 32.2 Å². The second-order valence-corrected chi connectivity index (χ2v) is 8.72. The van der Waals surface area contributed by atoms with E-state index in [1.807, 2.05) is 0 Å². The van der Waals surface area contributed by atoms with Crippen molar-refractivity contribution in [1.29, 1.82) is 0 Å². The Hall–Kier alpha value is -3.01. The molecule has 1 aliphatic carbocycles. The molecule has 2 unspecified atom stereocenters. The number of rotatable bonds is 2. The van der Waals surface area contributed by atoms with Crippen LogP contribution in [0, 0.1) is 18.6 Å². The number of aromatic nitrogens is 2. The molecule has 0 amide bonds. The molecule has 170 valence electrons. The van der Waals surface area contributed by atoms with Gasteiger partial charge in [-0.2, -0.15) is 13.2 Å². The lowest BCUT2D eigenvalue weighted by Crippen LogP contribution is -2.58. The Labute approximate surface area is 179 Å². The summed E-state index contributed by atoms with van der Waals surface area (Å²) in [5.74, 6) is -2.20. The van der Waals surface area contributed by atoms with E-state index in [2.05, 4.69) is 15.3 Å². The van der Waals surface area contributed by atoms with Crippen LogP contribution in [0.1, 0.15) is 43.3 Å². The topological polar surface area (TPSA) is 78.3 Å². The van der Waals surface area contributed by atoms with Crippen LogP contribution in [0.15, 0.2) is 30.5 Å². The van der Waals surface area contributed by atoms with Crippen molar-refractivity contribution in [3.8, 4) is 5.75 Å². The molecule has 1 aromatic heterocycles.